The number of carbonyl (C=O) groups excluding carboxylic acids is 3. The topological polar surface area (TPSA) is 88.2 Å². The Hall–Kier alpha value is -2.45. The lowest BCUT2D eigenvalue weighted by atomic mass is 9.96. The third-order valence-corrected chi connectivity index (χ3v) is 7.11. The van der Waals surface area contributed by atoms with Crippen molar-refractivity contribution in [1.82, 2.24) is 15.1 Å². The molecule has 1 spiro atoms. The molecular formula is C24H31N3O5. The second kappa shape index (κ2) is 8.83. The van der Waals surface area contributed by atoms with Gasteiger partial charge in [0.2, 0.25) is 11.8 Å². The van der Waals surface area contributed by atoms with Crippen LogP contribution in [0.25, 0.3) is 0 Å². The summed E-state index contributed by atoms with van der Waals surface area (Å²) in [6.07, 6.45) is 4.95. The van der Waals surface area contributed by atoms with Gasteiger partial charge in [-0.15, -0.1) is 0 Å². The summed E-state index contributed by atoms with van der Waals surface area (Å²) in [5.41, 5.74) is -0.329. The van der Waals surface area contributed by atoms with E-state index in [4.69, 9.17) is 9.47 Å². The molecule has 32 heavy (non-hydrogen) atoms. The molecule has 1 aromatic carbocycles. The molecule has 3 saturated heterocycles. The van der Waals surface area contributed by atoms with Crippen molar-refractivity contribution in [1.29, 1.82) is 0 Å². The van der Waals surface area contributed by atoms with E-state index < -0.39 is 11.8 Å². The average molecular weight is 442 g/mol. The molecule has 0 aromatic heterocycles. The zero-order chi connectivity index (χ0) is 22.1. The van der Waals surface area contributed by atoms with Crippen molar-refractivity contribution in [3.8, 4) is 0 Å². The van der Waals surface area contributed by atoms with Crippen LogP contribution in [0.5, 0.6) is 0 Å². The van der Waals surface area contributed by atoms with Crippen LogP contribution in [0.15, 0.2) is 30.3 Å². The first kappa shape index (κ1) is 21.4. The SMILES string of the molecule is O=C(NC[C@H]1CCCO1)[C@@H]1COC2(CCN(C(=O)C3CC3)CC2)N1C(=O)c1ccccc1. The van der Waals surface area contributed by atoms with Crippen molar-refractivity contribution in [3.63, 3.8) is 0 Å². The number of rotatable bonds is 5. The lowest BCUT2D eigenvalue weighted by Gasteiger charge is -2.44. The van der Waals surface area contributed by atoms with Crippen LogP contribution in [0.4, 0.5) is 0 Å². The van der Waals surface area contributed by atoms with E-state index >= 15 is 0 Å². The van der Waals surface area contributed by atoms with Crippen molar-refractivity contribution < 1.29 is 23.9 Å². The van der Waals surface area contributed by atoms with Crippen molar-refractivity contribution in [2.24, 2.45) is 5.92 Å². The summed E-state index contributed by atoms with van der Waals surface area (Å²) in [6.45, 7) is 2.41. The minimum absolute atomic E-state index is 0.0326. The van der Waals surface area contributed by atoms with Gasteiger partial charge in [-0.25, -0.2) is 0 Å². The maximum atomic E-state index is 13.6. The van der Waals surface area contributed by atoms with E-state index in [0.717, 1.165) is 32.3 Å². The lowest BCUT2D eigenvalue weighted by Crippen LogP contribution is -2.60. The Bertz CT molecular complexity index is 858. The number of amides is 3. The first-order valence-corrected chi connectivity index (χ1v) is 11.8. The van der Waals surface area contributed by atoms with Crippen molar-refractivity contribution in [3.05, 3.63) is 35.9 Å². The van der Waals surface area contributed by atoms with Gasteiger partial charge in [0.25, 0.3) is 5.91 Å². The van der Waals surface area contributed by atoms with Crippen LogP contribution in [0, 0.1) is 5.92 Å². The summed E-state index contributed by atoms with van der Waals surface area (Å²) in [5.74, 6) is -0.0305. The maximum Gasteiger partial charge on any atom is 0.256 e. The Balaban J connectivity index is 1.33. The Labute approximate surface area is 188 Å². The number of benzene rings is 1. The number of hydrogen-bond donors (Lipinski definition) is 1. The van der Waals surface area contributed by atoms with Gasteiger partial charge < -0.3 is 19.7 Å². The number of ether oxygens (including phenoxy) is 2. The second-order valence-corrected chi connectivity index (χ2v) is 9.29. The van der Waals surface area contributed by atoms with Crippen LogP contribution in [0.2, 0.25) is 0 Å². The highest BCUT2D eigenvalue weighted by Crippen LogP contribution is 2.40. The van der Waals surface area contributed by atoms with E-state index in [1.165, 1.54) is 0 Å². The van der Waals surface area contributed by atoms with Gasteiger partial charge in [0.05, 0.1) is 12.7 Å². The molecule has 1 N–H and O–H groups in total. The fourth-order valence-corrected chi connectivity index (χ4v) is 5.09. The first-order valence-electron chi connectivity index (χ1n) is 11.8. The van der Waals surface area contributed by atoms with Crippen LogP contribution >= 0.6 is 0 Å². The van der Waals surface area contributed by atoms with E-state index in [2.05, 4.69) is 5.32 Å². The van der Waals surface area contributed by atoms with Gasteiger partial charge in [-0.05, 0) is 37.8 Å². The number of nitrogens with one attached hydrogen (secondary N) is 1. The summed E-state index contributed by atoms with van der Waals surface area (Å²) in [5, 5.41) is 2.97. The van der Waals surface area contributed by atoms with Crippen molar-refractivity contribution in [2.45, 2.75) is 56.4 Å². The predicted molar refractivity (Wildman–Crippen MR) is 116 cm³/mol. The molecule has 0 unspecified atom stereocenters. The summed E-state index contributed by atoms with van der Waals surface area (Å²) >= 11 is 0. The van der Waals surface area contributed by atoms with Crippen molar-refractivity contribution >= 4 is 17.7 Å². The molecule has 2 atom stereocenters. The maximum absolute atomic E-state index is 13.6. The fourth-order valence-electron chi connectivity index (χ4n) is 5.09. The zero-order valence-electron chi connectivity index (χ0n) is 18.3. The largest absolute Gasteiger partial charge is 0.376 e. The molecule has 1 aromatic rings. The van der Waals surface area contributed by atoms with Crippen LogP contribution in [0.1, 0.15) is 48.9 Å². The highest BCUT2D eigenvalue weighted by Gasteiger charge is 2.54. The minimum Gasteiger partial charge on any atom is -0.376 e. The molecule has 4 fully saturated rings. The molecule has 3 aliphatic heterocycles. The summed E-state index contributed by atoms with van der Waals surface area (Å²) in [4.78, 5) is 42.8. The fraction of sp³-hybridized carbons (Fsp3) is 0.625. The number of likely N-dealkylation sites (tertiary alicyclic amines) is 1. The van der Waals surface area contributed by atoms with E-state index in [9.17, 15) is 14.4 Å². The smallest absolute Gasteiger partial charge is 0.256 e. The molecule has 1 saturated carbocycles. The van der Waals surface area contributed by atoms with Gasteiger partial charge in [-0.2, -0.15) is 0 Å². The first-order chi connectivity index (χ1) is 15.6. The average Bonchev–Trinajstić information content (AvgIpc) is 3.43. The normalized spacial score (nSPS) is 27.0. The van der Waals surface area contributed by atoms with E-state index in [1.807, 2.05) is 23.1 Å². The molecule has 172 valence electrons. The monoisotopic (exact) mass is 441 g/mol. The molecule has 8 heteroatoms. The summed E-state index contributed by atoms with van der Waals surface area (Å²) in [6, 6.07) is 8.33. The standard InChI is InChI=1S/C24H31N3O5/c28-21(25-15-19-7-4-14-31-19)20-16-32-24(27(20)23(30)17-5-2-1-3-6-17)10-12-26(13-11-24)22(29)18-8-9-18/h1-3,5-6,18-20H,4,7-16H2,(H,25,28)/t19-,20+/m1/s1. The molecule has 5 rings (SSSR count). The van der Waals surface area contributed by atoms with Crippen molar-refractivity contribution in [2.75, 3.05) is 32.8 Å². The number of nitrogens with zero attached hydrogens (tertiary/aromatic N) is 2. The Morgan fingerprint density at radius 2 is 1.81 bits per heavy atom. The van der Waals surface area contributed by atoms with Gasteiger partial charge in [0.15, 0.2) is 0 Å². The molecule has 1 aliphatic carbocycles. The molecule has 0 radical (unpaired) electrons. The van der Waals surface area contributed by atoms with Crippen LogP contribution in [-0.4, -0.2) is 78.2 Å². The van der Waals surface area contributed by atoms with E-state index in [1.54, 1.807) is 17.0 Å². The molecule has 8 nitrogen and oxygen atoms in total. The highest BCUT2D eigenvalue weighted by molar-refractivity contribution is 5.98. The Morgan fingerprint density at radius 3 is 2.47 bits per heavy atom. The van der Waals surface area contributed by atoms with Gasteiger partial charge in [0, 0.05) is 50.6 Å². The van der Waals surface area contributed by atoms with Gasteiger partial charge in [-0.3, -0.25) is 19.3 Å². The molecule has 3 amide bonds. The summed E-state index contributed by atoms with van der Waals surface area (Å²) in [7, 11) is 0. The second-order valence-electron chi connectivity index (χ2n) is 9.29. The molecule has 0 bridgehead atoms. The zero-order valence-corrected chi connectivity index (χ0v) is 18.3. The summed E-state index contributed by atoms with van der Waals surface area (Å²) < 4.78 is 11.8. The molecular weight excluding hydrogens is 410 g/mol. The molecule has 4 aliphatic rings. The predicted octanol–water partition coefficient (Wildman–Crippen LogP) is 1.55. The third-order valence-electron chi connectivity index (χ3n) is 7.11. The number of hydrogen-bond acceptors (Lipinski definition) is 5. The highest BCUT2D eigenvalue weighted by atomic mass is 16.5. The Kier molecular flexibility index (Phi) is 5.90. The minimum atomic E-state index is -0.862. The quantitative estimate of drug-likeness (QED) is 0.749. The van der Waals surface area contributed by atoms with Crippen LogP contribution < -0.4 is 5.32 Å². The lowest BCUT2D eigenvalue weighted by molar-refractivity contribution is -0.144. The van der Waals surface area contributed by atoms with Gasteiger partial charge in [-0.1, -0.05) is 18.2 Å². The third kappa shape index (κ3) is 4.13. The van der Waals surface area contributed by atoms with E-state index in [0.29, 0.717) is 38.0 Å². The van der Waals surface area contributed by atoms with Crippen LogP contribution in [0.3, 0.4) is 0 Å². The van der Waals surface area contributed by atoms with E-state index in [-0.39, 0.29) is 36.4 Å². The number of piperidine rings is 1. The molecule has 3 heterocycles. The van der Waals surface area contributed by atoms with Crippen LogP contribution in [-0.2, 0) is 19.1 Å². The van der Waals surface area contributed by atoms with Gasteiger partial charge in [0.1, 0.15) is 11.8 Å². The number of carbonyl (C=O) groups is 3. The van der Waals surface area contributed by atoms with Gasteiger partial charge >= 0.3 is 0 Å². The Morgan fingerprint density at radius 1 is 1.06 bits per heavy atom.